The summed E-state index contributed by atoms with van der Waals surface area (Å²) in [6.07, 6.45) is 0. The summed E-state index contributed by atoms with van der Waals surface area (Å²) >= 11 is 9.73. The third-order valence-electron chi connectivity index (χ3n) is 2.35. The molecule has 2 rings (SSSR count). The van der Waals surface area contributed by atoms with Crippen molar-refractivity contribution in [1.82, 2.24) is 0 Å². The highest BCUT2D eigenvalue weighted by atomic mass is 32.2. The smallest absolute Gasteiger partial charge is 0.131 e. The van der Waals surface area contributed by atoms with Crippen molar-refractivity contribution in [2.45, 2.75) is 9.79 Å². The molecule has 2 aromatic rings. The topological polar surface area (TPSA) is 18.5 Å². The zero-order valence-electron chi connectivity index (χ0n) is 10.2. The lowest BCUT2D eigenvalue weighted by atomic mass is 10.3. The van der Waals surface area contributed by atoms with Crippen molar-refractivity contribution in [3.8, 4) is 11.5 Å². The minimum atomic E-state index is 0.388. The molecule has 0 fully saturated rings. The van der Waals surface area contributed by atoms with Crippen molar-refractivity contribution in [2.24, 2.45) is 0 Å². The molecular weight excluding hydrogens is 296 g/mol. The third-order valence-corrected chi connectivity index (χ3v) is 3.62. The minimum absolute atomic E-state index is 0.388. The second kappa shape index (κ2) is 7.62. The molecular formula is C14H14O2S3. The third kappa shape index (κ3) is 4.60. The molecule has 0 unspecified atom stereocenters. The van der Waals surface area contributed by atoms with E-state index in [-0.39, 0.29) is 0 Å². The first-order chi connectivity index (χ1) is 9.31. The lowest BCUT2D eigenvalue weighted by molar-refractivity contribution is 0.394. The SMILES string of the molecule is SCOc1ccc(Sc2ccc(OCS)cc2)cc1. The molecule has 0 radical (unpaired) electrons. The van der Waals surface area contributed by atoms with E-state index in [1.807, 2.05) is 48.5 Å². The zero-order chi connectivity index (χ0) is 13.5. The molecule has 0 spiro atoms. The van der Waals surface area contributed by atoms with Gasteiger partial charge in [-0.15, -0.1) is 25.3 Å². The molecule has 0 amide bonds. The van der Waals surface area contributed by atoms with E-state index in [1.54, 1.807) is 11.8 Å². The van der Waals surface area contributed by atoms with Crippen LogP contribution in [0.15, 0.2) is 58.3 Å². The van der Waals surface area contributed by atoms with E-state index in [0.29, 0.717) is 11.9 Å². The molecule has 0 heterocycles. The predicted molar refractivity (Wildman–Crippen MR) is 86.0 cm³/mol. The van der Waals surface area contributed by atoms with Crippen LogP contribution in [-0.4, -0.2) is 11.9 Å². The maximum absolute atomic E-state index is 5.28. The van der Waals surface area contributed by atoms with Crippen LogP contribution < -0.4 is 9.47 Å². The van der Waals surface area contributed by atoms with Crippen LogP contribution >= 0.6 is 37.0 Å². The standard InChI is InChI=1S/C14H14O2S3/c17-9-15-11-1-5-13(6-2-11)19-14-7-3-12(4-8-14)16-10-18/h1-8,17-18H,9-10H2. The predicted octanol–water partition coefficient (Wildman–Crippen LogP) is 4.37. The Balaban J connectivity index is 1.99. The Hall–Kier alpha value is -0.910. The molecule has 0 aromatic heterocycles. The average molecular weight is 310 g/mol. The van der Waals surface area contributed by atoms with Gasteiger partial charge >= 0.3 is 0 Å². The second-order valence-electron chi connectivity index (χ2n) is 3.59. The molecule has 0 aliphatic heterocycles. The largest absolute Gasteiger partial charge is 0.483 e. The summed E-state index contributed by atoms with van der Waals surface area (Å²) in [5.41, 5.74) is 0. The summed E-state index contributed by atoms with van der Waals surface area (Å²) in [6, 6.07) is 15.9. The number of hydrogen-bond donors (Lipinski definition) is 2. The first kappa shape index (κ1) is 14.5. The van der Waals surface area contributed by atoms with Gasteiger partial charge in [0.25, 0.3) is 0 Å². The van der Waals surface area contributed by atoms with E-state index in [9.17, 15) is 0 Å². The molecule has 0 saturated carbocycles. The van der Waals surface area contributed by atoms with Gasteiger partial charge < -0.3 is 9.47 Å². The van der Waals surface area contributed by atoms with Crippen LogP contribution in [0.25, 0.3) is 0 Å². The van der Waals surface area contributed by atoms with Crippen molar-refractivity contribution >= 4 is 37.0 Å². The summed E-state index contributed by atoms with van der Waals surface area (Å²) < 4.78 is 10.6. The minimum Gasteiger partial charge on any atom is -0.483 e. The van der Waals surface area contributed by atoms with Gasteiger partial charge in [0.05, 0.1) is 0 Å². The fraction of sp³-hybridized carbons (Fsp3) is 0.143. The molecule has 0 saturated heterocycles. The number of rotatable bonds is 6. The second-order valence-corrected chi connectivity index (χ2v) is 5.26. The number of hydrogen-bond acceptors (Lipinski definition) is 5. The van der Waals surface area contributed by atoms with E-state index in [1.165, 1.54) is 0 Å². The first-order valence-corrected chi connectivity index (χ1v) is 7.75. The summed E-state index contributed by atoms with van der Waals surface area (Å²) in [4.78, 5) is 2.32. The highest BCUT2D eigenvalue weighted by molar-refractivity contribution is 7.99. The van der Waals surface area contributed by atoms with Crippen LogP contribution in [0.3, 0.4) is 0 Å². The molecule has 0 aliphatic rings. The Kier molecular flexibility index (Phi) is 5.82. The maximum Gasteiger partial charge on any atom is 0.131 e. The van der Waals surface area contributed by atoms with Gasteiger partial charge in [-0.2, -0.15) is 0 Å². The molecule has 0 atom stereocenters. The van der Waals surface area contributed by atoms with Crippen molar-refractivity contribution < 1.29 is 9.47 Å². The van der Waals surface area contributed by atoms with Crippen molar-refractivity contribution in [1.29, 1.82) is 0 Å². The van der Waals surface area contributed by atoms with Crippen molar-refractivity contribution in [3.63, 3.8) is 0 Å². The molecule has 2 nitrogen and oxygen atoms in total. The Morgan fingerprint density at radius 2 is 1.05 bits per heavy atom. The van der Waals surface area contributed by atoms with Gasteiger partial charge in [0, 0.05) is 9.79 Å². The van der Waals surface area contributed by atoms with Gasteiger partial charge in [-0.3, -0.25) is 0 Å². The Bertz CT molecular complexity index is 450. The van der Waals surface area contributed by atoms with Crippen LogP contribution in [0, 0.1) is 0 Å². The average Bonchev–Trinajstić information content (AvgIpc) is 2.44. The molecule has 19 heavy (non-hydrogen) atoms. The van der Waals surface area contributed by atoms with Crippen LogP contribution in [0.4, 0.5) is 0 Å². The Morgan fingerprint density at radius 1 is 0.684 bits per heavy atom. The summed E-state index contributed by atoms with van der Waals surface area (Å²) in [6.45, 7) is 0. The molecule has 0 aliphatic carbocycles. The maximum atomic E-state index is 5.28. The molecule has 0 bridgehead atoms. The van der Waals surface area contributed by atoms with Gasteiger partial charge in [-0.1, -0.05) is 11.8 Å². The van der Waals surface area contributed by atoms with Crippen molar-refractivity contribution in [3.05, 3.63) is 48.5 Å². The fourth-order valence-corrected chi connectivity index (χ4v) is 2.61. The summed E-state index contributed by atoms with van der Waals surface area (Å²) in [5.74, 6) is 2.44. The highest BCUT2D eigenvalue weighted by Gasteiger charge is 1.99. The molecule has 2 aromatic carbocycles. The normalized spacial score (nSPS) is 10.2. The monoisotopic (exact) mass is 310 g/mol. The van der Waals surface area contributed by atoms with Crippen molar-refractivity contribution in [2.75, 3.05) is 11.9 Å². The van der Waals surface area contributed by atoms with E-state index < -0.39 is 0 Å². The van der Waals surface area contributed by atoms with Crippen LogP contribution in [0.2, 0.25) is 0 Å². The quantitative estimate of drug-likeness (QED) is 0.610. The lowest BCUT2D eigenvalue weighted by Gasteiger charge is -2.06. The van der Waals surface area contributed by atoms with Crippen LogP contribution in [0.1, 0.15) is 0 Å². The highest BCUT2D eigenvalue weighted by Crippen LogP contribution is 2.30. The van der Waals surface area contributed by atoms with E-state index in [0.717, 1.165) is 21.3 Å². The van der Waals surface area contributed by atoms with Gasteiger partial charge in [0.15, 0.2) is 0 Å². The fourth-order valence-electron chi connectivity index (χ4n) is 1.49. The Labute approximate surface area is 128 Å². The van der Waals surface area contributed by atoms with Gasteiger partial charge in [0.2, 0.25) is 0 Å². The summed E-state index contributed by atoms with van der Waals surface area (Å²) in [5, 5.41) is 0. The number of thiol groups is 2. The van der Waals surface area contributed by atoms with Gasteiger partial charge in [0.1, 0.15) is 23.4 Å². The molecule has 0 N–H and O–H groups in total. The summed E-state index contributed by atoms with van der Waals surface area (Å²) in [7, 11) is 0. The molecule has 100 valence electrons. The zero-order valence-corrected chi connectivity index (χ0v) is 12.8. The number of ether oxygens (including phenoxy) is 2. The Morgan fingerprint density at radius 3 is 1.37 bits per heavy atom. The van der Waals surface area contributed by atoms with Gasteiger partial charge in [-0.25, -0.2) is 0 Å². The van der Waals surface area contributed by atoms with E-state index >= 15 is 0 Å². The van der Waals surface area contributed by atoms with Crippen LogP contribution in [-0.2, 0) is 0 Å². The van der Waals surface area contributed by atoms with Gasteiger partial charge in [-0.05, 0) is 48.5 Å². The van der Waals surface area contributed by atoms with E-state index in [4.69, 9.17) is 9.47 Å². The lowest BCUT2D eigenvalue weighted by Crippen LogP contribution is -1.88. The van der Waals surface area contributed by atoms with E-state index in [2.05, 4.69) is 25.3 Å². The van der Waals surface area contributed by atoms with Crippen LogP contribution in [0.5, 0.6) is 11.5 Å². The first-order valence-electron chi connectivity index (χ1n) is 5.67. The molecule has 5 heteroatoms. The number of benzene rings is 2.